The summed E-state index contributed by atoms with van der Waals surface area (Å²) in [5.41, 5.74) is 1.36. The van der Waals surface area contributed by atoms with Crippen LogP contribution >= 0.6 is 0 Å². The first kappa shape index (κ1) is 36.2. The van der Waals surface area contributed by atoms with Crippen LogP contribution in [0, 0.1) is 0 Å². The molecule has 2 rings (SSSR count). The van der Waals surface area contributed by atoms with Crippen molar-refractivity contribution in [3.8, 4) is 5.75 Å². The maximum Gasteiger partial charge on any atom is 0.196 e. The SMILES string of the molecule is CCC[N+](C)(C)CCCCCCCCCCCCCCCCCCOc1ccccc1C(=O)c1ccccc1.[Cl-]. The molecule has 0 saturated heterocycles. The fourth-order valence-corrected chi connectivity index (χ4v) is 5.54. The Kier molecular flexibility index (Phi) is 20.6. The number of carbonyl (C=O) groups is 1. The van der Waals surface area contributed by atoms with E-state index in [0.29, 0.717) is 23.5 Å². The number of unbranched alkanes of at least 4 members (excludes halogenated alkanes) is 15. The van der Waals surface area contributed by atoms with Gasteiger partial charge in [0, 0.05) is 5.56 Å². The number of quaternary nitrogens is 1. The van der Waals surface area contributed by atoms with E-state index in [1.54, 1.807) is 0 Å². The van der Waals surface area contributed by atoms with Crippen molar-refractivity contribution < 1.29 is 26.4 Å². The first-order valence-electron chi connectivity index (χ1n) is 16.2. The molecule has 0 N–H and O–H groups in total. The Morgan fingerprint density at radius 2 is 1.05 bits per heavy atom. The average Bonchev–Trinajstić information content (AvgIpc) is 2.94. The Hall–Kier alpha value is -1.84. The first-order chi connectivity index (χ1) is 19.0. The van der Waals surface area contributed by atoms with Crippen LogP contribution in [0.15, 0.2) is 54.6 Å². The van der Waals surface area contributed by atoms with Gasteiger partial charge in [0.15, 0.2) is 5.78 Å². The molecule has 0 atom stereocenters. The highest BCUT2D eigenvalue weighted by Crippen LogP contribution is 2.22. The molecule has 2 aromatic rings. The zero-order valence-electron chi connectivity index (χ0n) is 26.0. The fourth-order valence-electron chi connectivity index (χ4n) is 5.54. The van der Waals surface area contributed by atoms with Crippen LogP contribution in [0.5, 0.6) is 5.75 Å². The highest BCUT2D eigenvalue weighted by molar-refractivity contribution is 6.10. The molecule has 0 amide bonds. The predicted octanol–water partition coefficient (Wildman–Crippen LogP) is 7.03. The second-order valence-corrected chi connectivity index (χ2v) is 12.1. The predicted molar refractivity (Wildman–Crippen MR) is 168 cm³/mol. The molecule has 2 aromatic carbocycles. The summed E-state index contributed by atoms with van der Waals surface area (Å²) < 4.78 is 7.20. The molecule has 3 nitrogen and oxygen atoms in total. The summed E-state index contributed by atoms with van der Waals surface area (Å²) in [7, 11) is 4.75. The molecule has 0 aliphatic carbocycles. The molecule has 4 heteroatoms. The molecule has 0 aromatic heterocycles. The summed E-state index contributed by atoms with van der Waals surface area (Å²) in [6.07, 6.45) is 23.1. The van der Waals surface area contributed by atoms with Gasteiger partial charge < -0.3 is 21.6 Å². The van der Waals surface area contributed by atoms with Crippen molar-refractivity contribution >= 4 is 5.78 Å². The lowest BCUT2D eigenvalue weighted by Crippen LogP contribution is -3.00. The lowest BCUT2D eigenvalue weighted by molar-refractivity contribution is -0.890. The van der Waals surface area contributed by atoms with Crippen molar-refractivity contribution in [3.63, 3.8) is 0 Å². The van der Waals surface area contributed by atoms with Crippen LogP contribution in [0.4, 0.5) is 0 Å². The van der Waals surface area contributed by atoms with E-state index in [1.807, 2.05) is 54.6 Å². The van der Waals surface area contributed by atoms with E-state index in [1.165, 1.54) is 120 Å². The van der Waals surface area contributed by atoms with Gasteiger partial charge in [-0.05, 0) is 37.8 Å². The van der Waals surface area contributed by atoms with Gasteiger partial charge >= 0.3 is 0 Å². The number of halogens is 1. The van der Waals surface area contributed by atoms with Crippen LogP contribution in [0.25, 0.3) is 0 Å². The normalized spacial score (nSPS) is 11.3. The Balaban J connectivity index is 0.00000800. The van der Waals surface area contributed by atoms with Gasteiger partial charge in [-0.25, -0.2) is 0 Å². The monoisotopic (exact) mass is 571 g/mol. The molecule has 226 valence electrons. The summed E-state index contributed by atoms with van der Waals surface area (Å²) in [6, 6.07) is 17.1. The third-order valence-corrected chi connectivity index (χ3v) is 7.91. The molecule has 0 fully saturated rings. The standard InChI is InChI=1S/C36H58NO2.ClH/c1-4-30-37(2,3)31-24-17-15-13-11-9-7-5-6-8-10-12-14-16-18-25-32-39-35-29-23-22-28-34(35)36(38)33-26-20-19-21-27-33;/h19-23,26-29H,4-18,24-25,30-32H2,1-3H3;1H/q+1;/p-1. The number of carbonyl (C=O) groups excluding carboxylic acids is 1. The van der Waals surface area contributed by atoms with Crippen molar-refractivity contribution in [2.24, 2.45) is 0 Å². The van der Waals surface area contributed by atoms with Crippen LogP contribution in [-0.4, -0.2) is 44.1 Å². The van der Waals surface area contributed by atoms with Crippen LogP contribution in [0.3, 0.4) is 0 Å². The topological polar surface area (TPSA) is 26.3 Å². The minimum atomic E-state index is 0. The Labute approximate surface area is 253 Å². The molecule has 0 bridgehead atoms. The number of ether oxygens (including phenoxy) is 1. The van der Waals surface area contributed by atoms with E-state index in [2.05, 4.69) is 21.0 Å². The molecular weight excluding hydrogens is 514 g/mol. The second-order valence-electron chi connectivity index (χ2n) is 12.1. The van der Waals surface area contributed by atoms with Gasteiger partial charge in [0.1, 0.15) is 5.75 Å². The summed E-state index contributed by atoms with van der Waals surface area (Å²) >= 11 is 0. The molecule has 0 radical (unpaired) electrons. The van der Waals surface area contributed by atoms with E-state index in [9.17, 15) is 4.79 Å². The van der Waals surface area contributed by atoms with E-state index in [-0.39, 0.29) is 18.2 Å². The zero-order valence-corrected chi connectivity index (χ0v) is 26.7. The van der Waals surface area contributed by atoms with Crippen LogP contribution in [0.1, 0.15) is 132 Å². The smallest absolute Gasteiger partial charge is 0.196 e. The van der Waals surface area contributed by atoms with Gasteiger partial charge in [-0.3, -0.25) is 4.79 Å². The Morgan fingerprint density at radius 3 is 1.57 bits per heavy atom. The first-order valence-corrected chi connectivity index (χ1v) is 16.2. The van der Waals surface area contributed by atoms with Crippen LogP contribution < -0.4 is 17.1 Å². The van der Waals surface area contributed by atoms with Crippen molar-refractivity contribution in [1.29, 1.82) is 0 Å². The molecule has 0 spiro atoms. The number of benzene rings is 2. The number of hydrogen-bond donors (Lipinski definition) is 0. The largest absolute Gasteiger partial charge is 1.00 e. The molecule has 0 heterocycles. The lowest BCUT2D eigenvalue weighted by atomic mass is 10.0. The third kappa shape index (κ3) is 16.4. The minimum Gasteiger partial charge on any atom is -1.00 e. The molecule has 0 saturated carbocycles. The summed E-state index contributed by atoms with van der Waals surface area (Å²) in [6.45, 7) is 5.62. The van der Waals surface area contributed by atoms with E-state index in [0.717, 1.165) is 6.42 Å². The van der Waals surface area contributed by atoms with Gasteiger partial charge in [-0.1, -0.05) is 133 Å². The summed E-state index contributed by atoms with van der Waals surface area (Å²) in [4.78, 5) is 12.8. The minimum absolute atomic E-state index is 0. The van der Waals surface area contributed by atoms with E-state index < -0.39 is 0 Å². The van der Waals surface area contributed by atoms with E-state index in [4.69, 9.17) is 4.74 Å². The number of nitrogens with zero attached hydrogens (tertiary/aromatic N) is 1. The van der Waals surface area contributed by atoms with Gasteiger partial charge in [-0.15, -0.1) is 0 Å². The van der Waals surface area contributed by atoms with E-state index >= 15 is 0 Å². The molecule has 0 aliphatic rings. The van der Waals surface area contributed by atoms with Crippen molar-refractivity contribution in [3.05, 3.63) is 65.7 Å². The van der Waals surface area contributed by atoms with Gasteiger partial charge in [-0.2, -0.15) is 0 Å². The van der Waals surface area contributed by atoms with Crippen LogP contribution in [-0.2, 0) is 0 Å². The lowest BCUT2D eigenvalue weighted by Gasteiger charge is -2.29. The zero-order chi connectivity index (χ0) is 28.0. The Morgan fingerprint density at radius 1 is 0.600 bits per heavy atom. The van der Waals surface area contributed by atoms with Crippen molar-refractivity contribution in [2.45, 2.75) is 116 Å². The number of para-hydroxylation sites is 1. The average molecular weight is 572 g/mol. The highest BCUT2D eigenvalue weighted by atomic mass is 35.5. The van der Waals surface area contributed by atoms with Crippen LogP contribution in [0.2, 0.25) is 0 Å². The third-order valence-electron chi connectivity index (χ3n) is 7.91. The number of hydrogen-bond acceptors (Lipinski definition) is 2. The molecular formula is C36H58ClNO2. The van der Waals surface area contributed by atoms with Gasteiger partial charge in [0.2, 0.25) is 0 Å². The number of rotatable bonds is 24. The molecule has 0 aliphatic heterocycles. The van der Waals surface area contributed by atoms with Gasteiger partial charge in [0.25, 0.3) is 0 Å². The maximum atomic E-state index is 12.8. The maximum absolute atomic E-state index is 12.8. The molecule has 0 unspecified atom stereocenters. The number of ketones is 1. The van der Waals surface area contributed by atoms with Crippen molar-refractivity contribution in [1.82, 2.24) is 0 Å². The fraction of sp³-hybridized carbons (Fsp3) is 0.639. The summed E-state index contributed by atoms with van der Waals surface area (Å²) in [5.74, 6) is 0.728. The Bertz CT molecular complexity index is 883. The van der Waals surface area contributed by atoms with Gasteiger partial charge in [0.05, 0.1) is 39.4 Å². The quantitative estimate of drug-likeness (QED) is 0.0768. The molecule has 40 heavy (non-hydrogen) atoms. The highest BCUT2D eigenvalue weighted by Gasteiger charge is 2.14. The second kappa shape index (κ2) is 22.8. The summed E-state index contributed by atoms with van der Waals surface area (Å²) in [5, 5.41) is 0. The van der Waals surface area contributed by atoms with Crippen molar-refractivity contribution in [2.75, 3.05) is 33.8 Å².